The van der Waals surface area contributed by atoms with Gasteiger partial charge in [-0.2, -0.15) is 0 Å². The molecule has 0 radical (unpaired) electrons. The Hall–Kier alpha value is -7.34. The first kappa shape index (κ1) is 63.2. The quantitative estimate of drug-likeness (QED) is 0.0180. The Morgan fingerprint density at radius 2 is 1.51 bits per heavy atom. The fourth-order valence-electron chi connectivity index (χ4n) is 7.59. The third-order valence-corrected chi connectivity index (χ3v) is 10.9. The molecule has 6 atom stereocenters. The number of hydrogen-bond acceptors (Lipinski definition) is 24. The van der Waals surface area contributed by atoms with Crippen molar-refractivity contribution in [1.29, 1.82) is 0 Å². The number of methoxy groups -OCH3 is 2. The summed E-state index contributed by atoms with van der Waals surface area (Å²) < 4.78 is 66.3. The second kappa shape index (κ2) is 32.4. The maximum Gasteiger partial charge on any atom is 0.411 e. The maximum atomic E-state index is 14.1. The van der Waals surface area contributed by atoms with Crippen LogP contribution in [0.1, 0.15) is 73.2 Å². The Kier molecular flexibility index (Phi) is 26.3. The van der Waals surface area contributed by atoms with Crippen LogP contribution in [0.4, 0.5) is 10.5 Å². The van der Waals surface area contributed by atoms with Crippen LogP contribution >= 0.6 is 0 Å². The van der Waals surface area contributed by atoms with Crippen LogP contribution in [0.2, 0.25) is 6.82 Å². The Morgan fingerprint density at radius 3 is 2.17 bits per heavy atom. The molecule has 4 rings (SSSR count). The van der Waals surface area contributed by atoms with E-state index < -0.39 is 98.2 Å². The molecular weight excluding hydrogens is 1040 g/mol. The van der Waals surface area contributed by atoms with Gasteiger partial charge in [-0.25, -0.2) is 15.0 Å². The lowest BCUT2D eigenvalue weighted by atomic mass is 9.92. The van der Waals surface area contributed by atoms with Gasteiger partial charge in [-0.3, -0.25) is 34.1 Å². The van der Waals surface area contributed by atoms with E-state index in [-0.39, 0.29) is 112 Å². The van der Waals surface area contributed by atoms with Crippen molar-refractivity contribution in [2.75, 3.05) is 78.9 Å². The van der Waals surface area contributed by atoms with Crippen LogP contribution in [0.3, 0.4) is 0 Å². The van der Waals surface area contributed by atoms with Crippen molar-refractivity contribution in [2.24, 2.45) is 0 Å². The number of anilines is 1. The van der Waals surface area contributed by atoms with Crippen molar-refractivity contribution < 1.29 is 110 Å². The number of benzene rings is 2. The maximum absolute atomic E-state index is 14.1. The van der Waals surface area contributed by atoms with Gasteiger partial charge in [-0.05, 0) is 50.4 Å². The van der Waals surface area contributed by atoms with Gasteiger partial charge in [-0.1, -0.05) is 24.3 Å². The average molecular weight is 1100 g/mol. The van der Waals surface area contributed by atoms with Gasteiger partial charge in [0.15, 0.2) is 29.8 Å². The molecule has 3 amide bonds. The van der Waals surface area contributed by atoms with Gasteiger partial charge in [0.25, 0.3) is 11.8 Å². The number of nitrogens with zero attached hydrogens (tertiary/aromatic N) is 1. The molecule has 5 N–H and O–H groups in total. The van der Waals surface area contributed by atoms with Gasteiger partial charge >= 0.3 is 43.0 Å². The number of ether oxygens (including phenoxy) is 12. The number of esters is 5. The zero-order valence-corrected chi connectivity index (χ0v) is 44.4. The molecule has 1 saturated heterocycles. The molecule has 27 nitrogen and oxygen atoms in total. The second-order valence-corrected chi connectivity index (χ2v) is 17.1. The smallest absolute Gasteiger partial charge is 0.411 e. The van der Waals surface area contributed by atoms with Gasteiger partial charge in [0, 0.05) is 46.0 Å². The second-order valence-electron chi connectivity index (χ2n) is 17.1. The Balaban J connectivity index is 1.64. The van der Waals surface area contributed by atoms with Crippen LogP contribution < -0.4 is 30.2 Å². The van der Waals surface area contributed by atoms with E-state index >= 15 is 0 Å². The number of hydrogen-bond donors (Lipinski definition) is 5. The Morgan fingerprint density at radius 1 is 0.833 bits per heavy atom. The van der Waals surface area contributed by atoms with Crippen molar-refractivity contribution >= 4 is 60.5 Å². The van der Waals surface area contributed by atoms with E-state index in [1.807, 2.05) is 0 Å². The number of amides is 3. The van der Waals surface area contributed by atoms with E-state index in [2.05, 4.69) is 22.6 Å². The highest BCUT2D eigenvalue weighted by Gasteiger charge is 2.56. The standard InChI is InChI=1S/C50H67BN4O23/c1-9-15-71-41(60)11-10-16-70-40-25-37(35(24-39(40)66-7)47(62)55-26-29(2)22-34(55)27-56)53-50(64)72-28-33-12-13-38(36(23-33)46(61)52-14-17-68-18-19-69-20-21-73-54-51(6)65)77-49-45(76-32(5)59)43(75-31(4)58)42(74-30(3)57)44(78-49)48(63)67-8/h9,12-13,23-26,34,42-45,49,54,56,65H,1,10-11,14-22,27-28H2,2-8H3,(H,52,61)(H,53,64)/t34-,42-,43-,44-,45+,49+/m0/s1. The molecule has 2 aromatic rings. The number of carbonyl (C=O) groups is 8. The van der Waals surface area contributed by atoms with Gasteiger partial charge in [0.1, 0.15) is 19.0 Å². The predicted molar refractivity (Wildman–Crippen MR) is 269 cm³/mol. The number of carbonyl (C=O) groups excluding carboxylic acids is 8. The fraction of sp³-hybridized carbons (Fsp3) is 0.520. The van der Waals surface area contributed by atoms with Crippen LogP contribution in [-0.4, -0.2) is 180 Å². The first-order valence-electron chi connectivity index (χ1n) is 24.5. The molecule has 2 aliphatic heterocycles. The molecule has 428 valence electrons. The first-order chi connectivity index (χ1) is 37.3. The minimum absolute atomic E-state index is 0.000937. The van der Waals surface area contributed by atoms with E-state index in [9.17, 15) is 48.5 Å². The largest absolute Gasteiger partial charge is 0.493 e. The summed E-state index contributed by atoms with van der Waals surface area (Å²) in [5.41, 5.74) is 0.626. The van der Waals surface area contributed by atoms with Crippen LogP contribution in [0, 0.1) is 0 Å². The predicted octanol–water partition coefficient (Wildman–Crippen LogP) is 1.91. The van der Waals surface area contributed by atoms with E-state index in [0.29, 0.717) is 6.42 Å². The van der Waals surface area contributed by atoms with Crippen molar-refractivity contribution in [3.63, 3.8) is 0 Å². The van der Waals surface area contributed by atoms with E-state index in [4.69, 9.17) is 61.7 Å². The molecule has 0 saturated carbocycles. The molecule has 1 fully saturated rings. The highest BCUT2D eigenvalue weighted by Crippen LogP contribution is 2.37. The third kappa shape index (κ3) is 19.9. The molecule has 2 aliphatic rings. The molecule has 78 heavy (non-hydrogen) atoms. The van der Waals surface area contributed by atoms with Crippen LogP contribution in [0.5, 0.6) is 17.2 Å². The normalized spacial score (nSPS) is 18.5. The lowest BCUT2D eigenvalue weighted by Crippen LogP contribution is -2.64. The number of aliphatic hydroxyl groups is 1. The van der Waals surface area contributed by atoms with E-state index in [1.165, 1.54) is 55.2 Å². The Bertz CT molecular complexity index is 2440. The van der Waals surface area contributed by atoms with Crippen LogP contribution in [0.25, 0.3) is 0 Å². The van der Waals surface area contributed by atoms with E-state index in [0.717, 1.165) is 33.5 Å². The minimum Gasteiger partial charge on any atom is -0.493 e. The number of aliphatic hydroxyl groups excluding tert-OH is 1. The summed E-state index contributed by atoms with van der Waals surface area (Å²) in [4.78, 5) is 111. The average Bonchev–Trinajstić information content (AvgIpc) is 3.82. The summed E-state index contributed by atoms with van der Waals surface area (Å²) in [6.45, 7) is 9.60. The van der Waals surface area contributed by atoms with E-state index in [1.54, 1.807) is 13.1 Å². The molecule has 0 spiro atoms. The Labute approximate surface area is 450 Å². The summed E-state index contributed by atoms with van der Waals surface area (Å²) in [6.07, 6.45) is -6.25. The molecule has 0 unspecified atom stereocenters. The van der Waals surface area contributed by atoms with Crippen LogP contribution in [0.15, 0.2) is 54.8 Å². The lowest BCUT2D eigenvalue weighted by molar-refractivity contribution is -0.282. The van der Waals surface area contributed by atoms with Crippen molar-refractivity contribution in [1.82, 2.24) is 15.6 Å². The molecule has 0 bridgehead atoms. The highest BCUT2D eigenvalue weighted by atomic mass is 16.7. The molecule has 2 heterocycles. The first-order valence-corrected chi connectivity index (χ1v) is 24.5. The van der Waals surface area contributed by atoms with Gasteiger partial charge in [0.2, 0.25) is 12.4 Å². The zero-order valence-electron chi connectivity index (χ0n) is 44.4. The van der Waals surface area contributed by atoms with Gasteiger partial charge in [0.05, 0.1) is 83.3 Å². The summed E-state index contributed by atoms with van der Waals surface area (Å²) in [6, 6.07) is 6.03. The van der Waals surface area contributed by atoms with Crippen molar-refractivity contribution in [2.45, 2.75) is 97.1 Å². The third-order valence-electron chi connectivity index (χ3n) is 10.9. The molecule has 0 aliphatic carbocycles. The molecule has 2 aromatic carbocycles. The zero-order chi connectivity index (χ0) is 57.3. The molecule has 0 aromatic heterocycles. The van der Waals surface area contributed by atoms with Gasteiger partial charge in [-0.15, -0.1) is 0 Å². The van der Waals surface area contributed by atoms with Crippen molar-refractivity contribution in [3.8, 4) is 17.2 Å². The molecular formula is C50H67BN4O23. The SMILES string of the molecule is C=CCOC(=O)CCCOc1cc(NC(=O)OCc2ccc(O[C@@H]3O[C@H](C(=O)OC)[C@@H](OC(C)=O)[C@H](OC(C)=O)[C@H]3OC(C)=O)c(C(=O)NCCOCCOCCONB(C)O)c2)c(C(=O)N2C=C(C)C[C@H]2CO)cc1OC. The fourth-order valence-corrected chi connectivity index (χ4v) is 7.59. The topological polar surface area (TPSA) is 336 Å². The summed E-state index contributed by atoms with van der Waals surface area (Å²) >= 11 is 0. The van der Waals surface area contributed by atoms with Crippen molar-refractivity contribution in [3.05, 3.63) is 71.5 Å². The van der Waals surface area contributed by atoms with Crippen LogP contribution in [-0.2, 0) is 78.0 Å². The lowest BCUT2D eigenvalue weighted by Gasteiger charge is -2.43. The summed E-state index contributed by atoms with van der Waals surface area (Å²) in [5.74, 6) is -5.84. The number of nitrogens with one attached hydrogen (secondary N) is 3. The summed E-state index contributed by atoms with van der Waals surface area (Å²) in [5, 5.41) is 26.9. The highest BCUT2D eigenvalue weighted by molar-refractivity contribution is 6.44. The summed E-state index contributed by atoms with van der Waals surface area (Å²) in [7, 11) is 1.49. The minimum atomic E-state index is -1.85. The number of rotatable bonds is 31. The monoisotopic (exact) mass is 1100 g/mol. The van der Waals surface area contributed by atoms with Gasteiger partial charge < -0.3 is 82.0 Å². The molecule has 28 heteroatoms.